The third kappa shape index (κ3) is 3.66. The van der Waals surface area contributed by atoms with E-state index in [4.69, 9.17) is 9.47 Å². The number of fused-ring (bicyclic) bond motifs is 1. The number of amides is 4. The molecule has 1 atom stereocenters. The summed E-state index contributed by atoms with van der Waals surface area (Å²) in [7, 11) is 0. The number of ether oxygens (including phenoxy) is 2. The number of hydrogen-bond donors (Lipinski definition) is 0. The Balaban J connectivity index is 1.11. The van der Waals surface area contributed by atoms with Gasteiger partial charge in [-0.05, 0) is 36.5 Å². The fourth-order valence-electron chi connectivity index (χ4n) is 4.79. The molecule has 2 bridgehead atoms. The maximum Gasteiger partial charge on any atom is 0.253 e. The van der Waals surface area contributed by atoms with Gasteiger partial charge in [0.15, 0.2) is 0 Å². The van der Waals surface area contributed by atoms with Crippen molar-refractivity contribution in [3.8, 4) is 0 Å². The van der Waals surface area contributed by atoms with Crippen LogP contribution in [0, 0.1) is 17.3 Å². The van der Waals surface area contributed by atoms with Crippen LogP contribution < -0.4 is 0 Å². The Morgan fingerprint density at radius 2 is 1.29 bits per heavy atom. The van der Waals surface area contributed by atoms with Gasteiger partial charge in [-0.2, -0.15) is 0 Å². The Morgan fingerprint density at radius 3 is 1.82 bits per heavy atom. The van der Waals surface area contributed by atoms with Crippen LogP contribution in [0.3, 0.4) is 0 Å². The molecule has 0 spiro atoms. The van der Waals surface area contributed by atoms with Gasteiger partial charge >= 0.3 is 0 Å². The molecule has 0 N–H and O–H groups in total. The summed E-state index contributed by atoms with van der Waals surface area (Å²) in [6.07, 6.45) is 8.42. The molecule has 8 heteroatoms. The highest BCUT2D eigenvalue weighted by atomic mass is 16.5. The Bertz CT molecular complexity index is 716. The van der Waals surface area contributed by atoms with Crippen LogP contribution in [0.1, 0.15) is 19.3 Å². The topological polar surface area (TPSA) is 93.2 Å². The predicted molar refractivity (Wildman–Crippen MR) is 96.6 cm³/mol. The lowest BCUT2D eigenvalue weighted by atomic mass is 9.70. The third-order valence-electron chi connectivity index (χ3n) is 6.21. The van der Waals surface area contributed by atoms with Gasteiger partial charge in [0.1, 0.15) is 0 Å². The quantitative estimate of drug-likeness (QED) is 0.394. The van der Waals surface area contributed by atoms with Gasteiger partial charge in [-0.3, -0.25) is 29.0 Å². The maximum absolute atomic E-state index is 11.5. The molecule has 5 rings (SSSR count). The van der Waals surface area contributed by atoms with Crippen LogP contribution >= 0.6 is 0 Å². The van der Waals surface area contributed by atoms with E-state index in [0.717, 1.165) is 19.3 Å². The molecule has 3 fully saturated rings. The highest BCUT2D eigenvalue weighted by Crippen LogP contribution is 2.61. The van der Waals surface area contributed by atoms with Crippen LogP contribution in [-0.2, 0) is 28.7 Å². The number of hydrogen-bond acceptors (Lipinski definition) is 6. The van der Waals surface area contributed by atoms with Crippen LogP contribution in [0.2, 0.25) is 0 Å². The van der Waals surface area contributed by atoms with Crippen LogP contribution in [0.5, 0.6) is 0 Å². The molecule has 0 unspecified atom stereocenters. The average Bonchev–Trinajstić information content (AvgIpc) is 3.35. The Labute approximate surface area is 163 Å². The van der Waals surface area contributed by atoms with Crippen molar-refractivity contribution in [2.75, 3.05) is 39.5 Å². The summed E-state index contributed by atoms with van der Waals surface area (Å²) in [6.45, 7) is 2.58. The fraction of sp³-hybridized carbons (Fsp3) is 0.600. The van der Waals surface area contributed by atoms with Crippen molar-refractivity contribution in [2.45, 2.75) is 19.3 Å². The third-order valence-corrected chi connectivity index (χ3v) is 6.21. The van der Waals surface area contributed by atoms with Crippen molar-refractivity contribution >= 4 is 23.6 Å². The summed E-state index contributed by atoms with van der Waals surface area (Å²) >= 11 is 0. The second-order valence-electron chi connectivity index (χ2n) is 8.08. The predicted octanol–water partition coefficient (Wildman–Crippen LogP) is 0.286. The van der Waals surface area contributed by atoms with E-state index in [1.165, 1.54) is 34.1 Å². The summed E-state index contributed by atoms with van der Waals surface area (Å²) < 4.78 is 11.5. The maximum atomic E-state index is 11.5. The molecule has 2 aliphatic heterocycles. The zero-order chi connectivity index (χ0) is 19.7. The summed E-state index contributed by atoms with van der Waals surface area (Å²) in [5.74, 6) is 0.0223. The molecule has 0 aromatic rings. The molecule has 28 heavy (non-hydrogen) atoms. The monoisotopic (exact) mass is 388 g/mol. The fourth-order valence-corrected chi connectivity index (χ4v) is 4.79. The number of carbonyl (C=O) groups is 4. The summed E-state index contributed by atoms with van der Waals surface area (Å²) in [5.41, 5.74) is 0.195. The second-order valence-corrected chi connectivity index (χ2v) is 8.08. The zero-order valence-corrected chi connectivity index (χ0v) is 15.7. The van der Waals surface area contributed by atoms with E-state index in [-0.39, 0.29) is 29.0 Å². The summed E-state index contributed by atoms with van der Waals surface area (Å²) in [4.78, 5) is 48.4. The lowest BCUT2D eigenvalue weighted by molar-refractivity contribution is -0.139. The van der Waals surface area contributed by atoms with Crippen LogP contribution in [0.15, 0.2) is 24.3 Å². The van der Waals surface area contributed by atoms with Crippen molar-refractivity contribution in [3.63, 3.8) is 0 Å². The van der Waals surface area contributed by atoms with Crippen molar-refractivity contribution in [1.29, 1.82) is 0 Å². The molecule has 5 aliphatic rings. The highest BCUT2D eigenvalue weighted by molar-refractivity contribution is 6.13. The molecule has 8 nitrogen and oxygen atoms in total. The van der Waals surface area contributed by atoms with Crippen molar-refractivity contribution in [2.24, 2.45) is 17.3 Å². The Morgan fingerprint density at radius 1 is 0.786 bits per heavy atom. The molecular formula is C20H24N2O6. The van der Waals surface area contributed by atoms with Gasteiger partial charge in [-0.15, -0.1) is 0 Å². The first kappa shape index (κ1) is 19.0. The van der Waals surface area contributed by atoms with Gasteiger partial charge in [0.05, 0.1) is 32.9 Å². The van der Waals surface area contributed by atoms with Crippen LogP contribution in [-0.4, -0.2) is 72.9 Å². The Hall–Kier alpha value is -2.32. The van der Waals surface area contributed by atoms with E-state index in [2.05, 4.69) is 0 Å². The molecule has 3 saturated carbocycles. The summed E-state index contributed by atoms with van der Waals surface area (Å²) in [5, 5.41) is 0. The van der Waals surface area contributed by atoms with Crippen molar-refractivity contribution < 1.29 is 28.7 Å². The lowest BCUT2D eigenvalue weighted by Crippen LogP contribution is -2.36. The van der Waals surface area contributed by atoms with E-state index in [1.807, 2.05) is 0 Å². The van der Waals surface area contributed by atoms with Crippen LogP contribution in [0.4, 0.5) is 0 Å². The first-order valence-electron chi connectivity index (χ1n) is 9.70. The number of nitrogens with zero attached hydrogens (tertiary/aromatic N) is 2. The first-order chi connectivity index (χ1) is 13.5. The van der Waals surface area contributed by atoms with E-state index in [0.29, 0.717) is 51.4 Å². The minimum atomic E-state index is -0.277. The minimum Gasteiger partial charge on any atom is -0.379 e. The van der Waals surface area contributed by atoms with E-state index < -0.39 is 0 Å². The number of carbonyl (C=O) groups excluding carboxylic acids is 4. The van der Waals surface area contributed by atoms with Gasteiger partial charge in [0.25, 0.3) is 23.6 Å². The minimum absolute atomic E-state index is 0.195. The molecule has 2 heterocycles. The molecule has 0 radical (unpaired) electrons. The number of rotatable bonds is 10. The molecule has 150 valence electrons. The zero-order valence-electron chi connectivity index (χ0n) is 15.7. The standard InChI is InChI=1S/C20H24N2O6/c23-16-1-2-17(24)21(16)5-7-27-12-15-11-20(9-14(15)10-20)13-28-8-6-22-18(25)3-4-19(22)26/h1-4,14-15H,5-13H2/t14?,15-,20?/m0/s1. The van der Waals surface area contributed by atoms with Gasteiger partial charge in [0, 0.05) is 30.9 Å². The Kier molecular flexibility index (Phi) is 5.16. The molecule has 0 aromatic carbocycles. The normalized spacial score (nSPS) is 30.9. The second kappa shape index (κ2) is 7.60. The molecule has 3 aliphatic carbocycles. The smallest absolute Gasteiger partial charge is 0.253 e. The van der Waals surface area contributed by atoms with Gasteiger partial charge < -0.3 is 9.47 Å². The number of imide groups is 2. The van der Waals surface area contributed by atoms with Gasteiger partial charge in [0.2, 0.25) is 0 Å². The van der Waals surface area contributed by atoms with E-state index >= 15 is 0 Å². The van der Waals surface area contributed by atoms with Crippen molar-refractivity contribution in [1.82, 2.24) is 9.80 Å². The highest BCUT2D eigenvalue weighted by Gasteiger charge is 2.55. The first-order valence-corrected chi connectivity index (χ1v) is 9.70. The SMILES string of the molecule is O=C1C=CC(=O)N1CCOC[C@@H]1CC2(COCCN3C(=O)C=CC3=O)CC1C2. The summed E-state index contributed by atoms with van der Waals surface area (Å²) in [6, 6.07) is 0. The molecular weight excluding hydrogens is 364 g/mol. The molecule has 0 aromatic heterocycles. The van der Waals surface area contributed by atoms with Crippen molar-refractivity contribution in [3.05, 3.63) is 24.3 Å². The molecule has 0 saturated heterocycles. The largest absolute Gasteiger partial charge is 0.379 e. The lowest BCUT2D eigenvalue weighted by Gasteiger charge is -2.38. The van der Waals surface area contributed by atoms with Gasteiger partial charge in [-0.1, -0.05) is 0 Å². The van der Waals surface area contributed by atoms with E-state index in [9.17, 15) is 19.2 Å². The van der Waals surface area contributed by atoms with Crippen LogP contribution in [0.25, 0.3) is 0 Å². The average molecular weight is 388 g/mol. The molecule has 4 amide bonds. The van der Waals surface area contributed by atoms with E-state index in [1.54, 1.807) is 0 Å². The van der Waals surface area contributed by atoms with Gasteiger partial charge in [-0.25, -0.2) is 0 Å².